The summed E-state index contributed by atoms with van der Waals surface area (Å²) < 4.78 is 14.1. The summed E-state index contributed by atoms with van der Waals surface area (Å²) in [5, 5.41) is 4.07. The van der Waals surface area contributed by atoms with Crippen molar-refractivity contribution in [1.82, 2.24) is 5.32 Å². The lowest BCUT2D eigenvalue weighted by atomic mass is 9.97. The van der Waals surface area contributed by atoms with E-state index < -0.39 is 0 Å². The number of hydrogen-bond donors (Lipinski definition) is 1. The number of halogens is 2. The van der Waals surface area contributed by atoms with E-state index in [-0.39, 0.29) is 11.9 Å². The molecule has 106 valence electrons. The van der Waals surface area contributed by atoms with Crippen LogP contribution in [-0.4, -0.2) is 6.54 Å². The van der Waals surface area contributed by atoms with Crippen LogP contribution in [0.2, 0.25) is 5.02 Å². The lowest BCUT2D eigenvalue weighted by molar-refractivity contribution is 0.509. The van der Waals surface area contributed by atoms with E-state index in [4.69, 9.17) is 11.6 Å². The number of nitrogens with one attached hydrogen (secondary N) is 1. The van der Waals surface area contributed by atoms with Gasteiger partial charge < -0.3 is 5.32 Å². The Morgan fingerprint density at radius 3 is 2.65 bits per heavy atom. The third-order valence-corrected chi connectivity index (χ3v) is 3.73. The fourth-order valence-electron chi connectivity index (χ4n) is 2.35. The molecule has 2 aromatic rings. The lowest BCUT2D eigenvalue weighted by Crippen LogP contribution is -2.24. The Balaban J connectivity index is 2.32. The number of likely N-dealkylation sites (N-methyl/N-ethyl adjacent to an activating group) is 1. The molecule has 0 bridgehead atoms. The predicted molar refractivity (Wildman–Crippen MR) is 82.7 cm³/mol. The average molecular weight is 292 g/mol. The number of rotatable bonds is 5. The molecule has 0 aromatic heterocycles. The first kappa shape index (κ1) is 15.0. The SMILES string of the molecule is CCNC(Cc1ccccc1Cl)c1cc(C)ccc1F. The van der Waals surface area contributed by atoms with Gasteiger partial charge >= 0.3 is 0 Å². The molecular weight excluding hydrogens is 273 g/mol. The summed E-state index contributed by atoms with van der Waals surface area (Å²) in [6, 6.07) is 12.9. The first-order chi connectivity index (χ1) is 9.61. The van der Waals surface area contributed by atoms with Crippen molar-refractivity contribution in [3.63, 3.8) is 0 Å². The van der Waals surface area contributed by atoms with E-state index in [0.29, 0.717) is 12.0 Å². The molecule has 1 N–H and O–H groups in total. The van der Waals surface area contributed by atoms with Gasteiger partial charge in [-0.1, -0.05) is 54.4 Å². The molecule has 0 fully saturated rings. The molecule has 1 nitrogen and oxygen atoms in total. The van der Waals surface area contributed by atoms with E-state index >= 15 is 0 Å². The van der Waals surface area contributed by atoms with Gasteiger partial charge in [-0.3, -0.25) is 0 Å². The maximum Gasteiger partial charge on any atom is 0.128 e. The highest BCUT2D eigenvalue weighted by Gasteiger charge is 2.16. The molecule has 2 rings (SSSR count). The summed E-state index contributed by atoms with van der Waals surface area (Å²) >= 11 is 6.21. The number of benzene rings is 2. The Morgan fingerprint density at radius 1 is 1.20 bits per heavy atom. The molecule has 0 radical (unpaired) electrons. The predicted octanol–water partition coefficient (Wildman–Crippen LogP) is 4.68. The molecule has 20 heavy (non-hydrogen) atoms. The molecule has 1 unspecified atom stereocenters. The highest BCUT2D eigenvalue weighted by Crippen LogP contribution is 2.25. The molecule has 0 saturated carbocycles. The molecule has 0 aliphatic heterocycles. The average Bonchev–Trinajstić information content (AvgIpc) is 2.43. The van der Waals surface area contributed by atoms with Gasteiger partial charge in [0.05, 0.1) is 0 Å². The van der Waals surface area contributed by atoms with E-state index in [1.807, 2.05) is 44.2 Å². The van der Waals surface area contributed by atoms with Crippen LogP contribution in [0.15, 0.2) is 42.5 Å². The second-order valence-corrected chi connectivity index (χ2v) is 5.34. The molecule has 3 heteroatoms. The molecule has 0 saturated heterocycles. The molecule has 0 spiro atoms. The summed E-state index contributed by atoms with van der Waals surface area (Å²) in [4.78, 5) is 0. The number of hydrogen-bond acceptors (Lipinski definition) is 1. The van der Waals surface area contributed by atoms with E-state index in [2.05, 4.69) is 5.32 Å². The summed E-state index contributed by atoms with van der Waals surface area (Å²) in [7, 11) is 0. The van der Waals surface area contributed by atoms with Crippen molar-refractivity contribution < 1.29 is 4.39 Å². The molecular formula is C17H19ClFN. The summed E-state index contributed by atoms with van der Waals surface area (Å²) in [5.74, 6) is -0.173. The highest BCUT2D eigenvalue weighted by atomic mass is 35.5. The quantitative estimate of drug-likeness (QED) is 0.843. The van der Waals surface area contributed by atoms with Gasteiger partial charge in [0.1, 0.15) is 5.82 Å². The molecule has 0 amide bonds. The molecule has 2 aromatic carbocycles. The van der Waals surface area contributed by atoms with Crippen LogP contribution < -0.4 is 5.32 Å². The molecule has 0 aliphatic rings. The van der Waals surface area contributed by atoms with Gasteiger partial charge in [0.25, 0.3) is 0 Å². The van der Waals surface area contributed by atoms with Crippen LogP contribution >= 0.6 is 11.6 Å². The normalized spacial score (nSPS) is 12.4. The van der Waals surface area contributed by atoms with Crippen molar-refractivity contribution in [2.75, 3.05) is 6.54 Å². The van der Waals surface area contributed by atoms with Gasteiger partial charge in [0.2, 0.25) is 0 Å². The Kier molecular flexibility index (Phi) is 5.16. The van der Waals surface area contributed by atoms with Crippen LogP contribution in [0.1, 0.15) is 29.7 Å². The highest BCUT2D eigenvalue weighted by molar-refractivity contribution is 6.31. The van der Waals surface area contributed by atoms with Gasteiger partial charge in [-0.15, -0.1) is 0 Å². The van der Waals surface area contributed by atoms with E-state index in [0.717, 1.165) is 22.7 Å². The smallest absolute Gasteiger partial charge is 0.128 e. The molecule has 0 aliphatic carbocycles. The van der Waals surface area contributed by atoms with Gasteiger partial charge in [-0.05, 0) is 37.6 Å². The van der Waals surface area contributed by atoms with Crippen LogP contribution in [0.25, 0.3) is 0 Å². The van der Waals surface area contributed by atoms with Crippen LogP contribution in [-0.2, 0) is 6.42 Å². The second-order valence-electron chi connectivity index (χ2n) is 4.93. The topological polar surface area (TPSA) is 12.0 Å². The standard InChI is InChI=1S/C17H19ClFN/c1-3-20-17(11-13-6-4-5-7-15(13)18)14-10-12(2)8-9-16(14)19/h4-10,17,20H,3,11H2,1-2H3. The zero-order chi connectivity index (χ0) is 14.5. The third-order valence-electron chi connectivity index (χ3n) is 3.36. The fraction of sp³-hybridized carbons (Fsp3) is 0.294. The molecule has 1 atom stereocenters. The zero-order valence-corrected chi connectivity index (χ0v) is 12.5. The van der Waals surface area contributed by atoms with Crippen LogP contribution in [0.5, 0.6) is 0 Å². The van der Waals surface area contributed by atoms with Crippen LogP contribution in [0.4, 0.5) is 4.39 Å². The first-order valence-corrected chi connectivity index (χ1v) is 7.22. The fourth-order valence-corrected chi connectivity index (χ4v) is 2.57. The van der Waals surface area contributed by atoms with Crippen molar-refractivity contribution in [2.24, 2.45) is 0 Å². The molecule has 0 heterocycles. The maximum absolute atomic E-state index is 14.1. The largest absolute Gasteiger partial charge is 0.310 e. The van der Waals surface area contributed by atoms with Crippen molar-refractivity contribution in [3.05, 3.63) is 70.0 Å². The minimum absolute atomic E-state index is 0.0696. The summed E-state index contributed by atoms with van der Waals surface area (Å²) in [5.41, 5.74) is 2.79. The van der Waals surface area contributed by atoms with Gasteiger partial charge in [-0.2, -0.15) is 0 Å². The number of aryl methyl sites for hydroxylation is 1. The van der Waals surface area contributed by atoms with Crippen molar-refractivity contribution in [2.45, 2.75) is 26.3 Å². The Bertz CT molecular complexity index is 583. The van der Waals surface area contributed by atoms with Gasteiger partial charge in [0, 0.05) is 16.6 Å². The maximum atomic E-state index is 14.1. The summed E-state index contributed by atoms with van der Waals surface area (Å²) in [6.45, 7) is 4.78. The van der Waals surface area contributed by atoms with Gasteiger partial charge in [-0.25, -0.2) is 4.39 Å². The van der Waals surface area contributed by atoms with Gasteiger partial charge in [0.15, 0.2) is 0 Å². The summed E-state index contributed by atoms with van der Waals surface area (Å²) in [6.07, 6.45) is 0.674. The Morgan fingerprint density at radius 2 is 1.95 bits per heavy atom. The van der Waals surface area contributed by atoms with E-state index in [9.17, 15) is 4.39 Å². The van der Waals surface area contributed by atoms with Crippen LogP contribution in [0.3, 0.4) is 0 Å². The minimum Gasteiger partial charge on any atom is -0.310 e. The first-order valence-electron chi connectivity index (χ1n) is 6.84. The van der Waals surface area contributed by atoms with E-state index in [1.54, 1.807) is 6.07 Å². The third kappa shape index (κ3) is 3.59. The zero-order valence-electron chi connectivity index (χ0n) is 11.8. The van der Waals surface area contributed by atoms with E-state index in [1.165, 1.54) is 6.07 Å². The van der Waals surface area contributed by atoms with Crippen molar-refractivity contribution in [3.8, 4) is 0 Å². The Labute approximate surface area is 124 Å². The van der Waals surface area contributed by atoms with Crippen LogP contribution in [0, 0.1) is 12.7 Å². The Hall–Kier alpha value is -1.38. The monoisotopic (exact) mass is 291 g/mol. The lowest BCUT2D eigenvalue weighted by Gasteiger charge is -2.20. The van der Waals surface area contributed by atoms with Crippen molar-refractivity contribution in [1.29, 1.82) is 0 Å². The van der Waals surface area contributed by atoms with Crippen molar-refractivity contribution >= 4 is 11.6 Å². The second kappa shape index (κ2) is 6.87. The minimum atomic E-state index is -0.173.